The van der Waals surface area contributed by atoms with Crippen molar-refractivity contribution < 1.29 is 24.3 Å². The average molecular weight is 380 g/mol. The first-order valence-corrected chi connectivity index (χ1v) is 9.51. The van der Waals surface area contributed by atoms with E-state index >= 15 is 0 Å². The van der Waals surface area contributed by atoms with Crippen LogP contribution < -0.4 is 9.39 Å². The van der Waals surface area contributed by atoms with Crippen LogP contribution in [0.4, 0.5) is 0 Å². The molecule has 1 aliphatic rings. The Balaban J connectivity index is 1.88. The first kappa shape index (κ1) is 18.0. The van der Waals surface area contributed by atoms with Gasteiger partial charge in [0.2, 0.25) is 0 Å². The van der Waals surface area contributed by atoms with E-state index in [-0.39, 0.29) is 28.1 Å². The number of hydrogen-bond donors (Lipinski definition) is 2. The summed E-state index contributed by atoms with van der Waals surface area (Å²) in [7, 11) is -1.14. The Morgan fingerprint density at radius 3 is 3.00 bits per heavy atom. The summed E-state index contributed by atoms with van der Waals surface area (Å²) < 4.78 is 11.9. The van der Waals surface area contributed by atoms with Crippen LogP contribution in [0.25, 0.3) is 0 Å². The molecule has 132 valence electrons. The maximum atomic E-state index is 11.7. The number of thioether (sulfide) groups is 1. The van der Waals surface area contributed by atoms with Gasteiger partial charge in [-0.25, -0.2) is 4.79 Å². The first-order valence-electron chi connectivity index (χ1n) is 7.75. The summed E-state index contributed by atoms with van der Waals surface area (Å²) in [5, 5.41) is 27.3. The number of benzene rings is 1. The van der Waals surface area contributed by atoms with Crippen molar-refractivity contribution in [3.8, 4) is 11.5 Å². The van der Waals surface area contributed by atoms with Crippen molar-refractivity contribution >= 4 is 36.2 Å². The van der Waals surface area contributed by atoms with E-state index in [9.17, 15) is 14.9 Å². The Morgan fingerprint density at radius 1 is 1.56 bits per heavy atom. The minimum Gasteiger partial charge on any atom is -0.534 e. The molecule has 0 bridgehead atoms. The number of hydrogen-bond acceptors (Lipinski definition) is 8. The zero-order valence-electron chi connectivity index (χ0n) is 13.7. The van der Waals surface area contributed by atoms with E-state index in [2.05, 4.69) is 10.2 Å². The number of rotatable bonds is 6. The van der Waals surface area contributed by atoms with E-state index in [0.717, 1.165) is 9.90 Å². The Bertz CT molecular complexity index is 757. The van der Waals surface area contributed by atoms with Crippen molar-refractivity contribution in [2.24, 2.45) is 5.92 Å². The van der Waals surface area contributed by atoms with Crippen LogP contribution in [0.1, 0.15) is 29.8 Å². The van der Waals surface area contributed by atoms with Gasteiger partial charge in [0.15, 0.2) is 4.34 Å². The van der Waals surface area contributed by atoms with E-state index in [0.29, 0.717) is 13.0 Å². The van der Waals surface area contributed by atoms with Gasteiger partial charge in [-0.15, -0.1) is 10.2 Å². The monoisotopic (exact) mass is 380 g/mol. The van der Waals surface area contributed by atoms with Crippen LogP contribution in [-0.4, -0.2) is 45.2 Å². The third-order valence-electron chi connectivity index (χ3n) is 3.56. The fraction of sp³-hybridized carbons (Fsp3) is 0.400. The van der Waals surface area contributed by atoms with E-state index < -0.39 is 13.1 Å². The highest BCUT2D eigenvalue weighted by molar-refractivity contribution is 8.02. The highest BCUT2D eigenvalue weighted by Crippen LogP contribution is 2.40. The van der Waals surface area contributed by atoms with E-state index in [1.54, 1.807) is 17.6 Å². The molecule has 1 aliphatic heterocycles. The molecule has 2 heterocycles. The van der Waals surface area contributed by atoms with Crippen LogP contribution in [0.5, 0.6) is 11.5 Å². The molecule has 1 aromatic carbocycles. The van der Waals surface area contributed by atoms with E-state index in [4.69, 9.17) is 9.39 Å². The van der Waals surface area contributed by atoms with Gasteiger partial charge in [0, 0.05) is 0 Å². The Labute approximate surface area is 153 Å². The molecule has 2 N–H and O–H groups in total. The number of aromatic carboxylic acids is 1. The molecule has 0 aliphatic carbocycles. The molecular weight excluding hydrogens is 363 g/mol. The molecule has 7 nitrogen and oxygen atoms in total. The highest BCUT2D eigenvalue weighted by Gasteiger charge is 2.39. The lowest BCUT2D eigenvalue weighted by Gasteiger charge is -2.28. The van der Waals surface area contributed by atoms with Crippen molar-refractivity contribution in [1.82, 2.24) is 10.2 Å². The van der Waals surface area contributed by atoms with Crippen molar-refractivity contribution in [1.29, 1.82) is 0 Å². The number of carboxylic acid groups (broad SMARTS) is 1. The second kappa shape index (κ2) is 7.63. The zero-order valence-corrected chi connectivity index (χ0v) is 15.3. The van der Waals surface area contributed by atoms with Gasteiger partial charge < -0.3 is 19.5 Å². The molecule has 0 fully saturated rings. The Kier molecular flexibility index (Phi) is 5.50. The topological polar surface area (TPSA) is 102 Å². The molecule has 25 heavy (non-hydrogen) atoms. The van der Waals surface area contributed by atoms with Gasteiger partial charge in [0.25, 0.3) is 0 Å². The predicted octanol–water partition coefficient (Wildman–Crippen LogP) is 2.39. The summed E-state index contributed by atoms with van der Waals surface area (Å²) in [5.74, 6) is -0.451. The van der Waals surface area contributed by atoms with Crippen molar-refractivity contribution in [2.75, 3.05) is 6.61 Å². The third-order valence-corrected chi connectivity index (χ3v) is 5.60. The van der Waals surface area contributed by atoms with Gasteiger partial charge in [-0.2, -0.15) is 0 Å². The van der Waals surface area contributed by atoms with Crippen LogP contribution in [0, 0.1) is 5.92 Å². The maximum absolute atomic E-state index is 11.7. The van der Waals surface area contributed by atoms with Gasteiger partial charge >= 0.3 is 13.1 Å². The lowest BCUT2D eigenvalue weighted by atomic mass is 9.77. The van der Waals surface area contributed by atoms with Crippen molar-refractivity contribution in [3.05, 3.63) is 28.8 Å². The van der Waals surface area contributed by atoms with Crippen molar-refractivity contribution in [2.45, 2.75) is 29.8 Å². The molecule has 0 saturated carbocycles. The number of carboxylic acids is 1. The lowest BCUT2D eigenvalue weighted by molar-refractivity contribution is 0.0688. The molecule has 0 unspecified atom stereocenters. The van der Waals surface area contributed by atoms with Crippen molar-refractivity contribution in [3.63, 3.8) is 0 Å². The smallest absolute Gasteiger partial charge is 0.534 e. The normalized spacial score (nSPS) is 16.5. The average Bonchev–Trinajstić information content (AvgIpc) is 3.06. The fourth-order valence-electron chi connectivity index (χ4n) is 2.44. The molecule has 1 aromatic heterocycles. The minimum absolute atomic E-state index is 0.0448. The molecule has 3 rings (SSSR count). The van der Waals surface area contributed by atoms with Crippen LogP contribution >= 0.6 is 23.1 Å². The second-order valence-electron chi connectivity index (χ2n) is 6.01. The van der Waals surface area contributed by atoms with E-state index in [1.807, 2.05) is 13.8 Å². The minimum atomic E-state index is -1.14. The highest BCUT2D eigenvalue weighted by atomic mass is 32.2. The SMILES string of the molecule is CC(C)COc1ccc2c(c1C(=O)O)OB(O)[C@@H](Sc1nncs1)C2. The number of fused-ring (bicyclic) bond motifs is 1. The molecule has 10 heteroatoms. The predicted molar refractivity (Wildman–Crippen MR) is 95.6 cm³/mol. The summed E-state index contributed by atoms with van der Waals surface area (Å²) >= 11 is 2.75. The van der Waals surface area contributed by atoms with Crippen LogP contribution in [0.2, 0.25) is 0 Å². The molecule has 2 aromatic rings. The van der Waals surface area contributed by atoms with Crippen LogP contribution in [0.3, 0.4) is 0 Å². The Hall–Kier alpha value is -1.78. The quantitative estimate of drug-likeness (QED) is 0.737. The summed E-state index contributed by atoms with van der Waals surface area (Å²) in [6.45, 7) is 4.36. The zero-order chi connectivity index (χ0) is 18.0. The third kappa shape index (κ3) is 4.08. The Morgan fingerprint density at radius 2 is 2.36 bits per heavy atom. The fourth-order valence-corrected chi connectivity index (χ4v) is 4.23. The number of ether oxygens (including phenoxy) is 1. The van der Waals surface area contributed by atoms with Gasteiger partial charge in [-0.1, -0.05) is 43.0 Å². The van der Waals surface area contributed by atoms with Gasteiger partial charge in [0.05, 0.1) is 11.8 Å². The largest absolute Gasteiger partial charge is 0.537 e. The number of nitrogens with zero attached hydrogens (tertiary/aromatic N) is 2. The molecule has 0 amide bonds. The van der Waals surface area contributed by atoms with Crippen LogP contribution in [0.15, 0.2) is 22.0 Å². The molecule has 1 atom stereocenters. The molecule has 0 radical (unpaired) electrons. The van der Waals surface area contributed by atoms with Gasteiger partial charge in [-0.3, -0.25) is 0 Å². The molecule has 0 saturated heterocycles. The number of carbonyl (C=O) groups is 1. The van der Waals surface area contributed by atoms with Gasteiger partial charge in [-0.05, 0) is 24.0 Å². The van der Waals surface area contributed by atoms with Gasteiger partial charge in [0.1, 0.15) is 22.6 Å². The summed E-state index contributed by atoms with van der Waals surface area (Å²) in [4.78, 5) is 11.7. The summed E-state index contributed by atoms with van der Waals surface area (Å²) in [6.07, 6.45) is 0.464. The standard InChI is InChI=1S/C15H17BN2O5S2/c1-8(2)6-22-10-4-3-9-5-11(25-15-18-17-7-24-15)16(21)23-13(9)12(10)14(19)20/h3-4,7-8,11,21H,5-6H2,1-2H3,(H,19,20)/t11-/m0/s1. The molecule has 0 spiro atoms. The molecular formula is C15H17BN2O5S2. The summed E-state index contributed by atoms with van der Waals surface area (Å²) in [5.41, 5.74) is 2.30. The summed E-state index contributed by atoms with van der Waals surface area (Å²) in [6, 6.07) is 3.44. The van der Waals surface area contributed by atoms with Crippen LogP contribution in [-0.2, 0) is 6.42 Å². The lowest BCUT2D eigenvalue weighted by Crippen LogP contribution is -2.40. The maximum Gasteiger partial charge on any atom is 0.537 e. The number of aromatic nitrogens is 2. The second-order valence-corrected chi connectivity index (χ2v) is 8.33. The first-order chi connectivity index (χ1) is 12.0. The van der Waals surface area contributed by atoms with E-state index in [1.165, 1.54) is 23.1 Å².